The van der Waals surface area contributed by atoms with E-state index in [1.807, 2.05) is 11.8 Å². The number of amides is 2. The molecule has 1 atom stereocenters. The molecular weight excluding hydrogens is 272 g/mol. The minimum absolute atomic E-state index is 0.153. The summed E-state index contributed by atoms with van der Waals surface area (Å²) in [4.78, 5) is 28.1. The predicted molar refractivity (Wildman–Crippen MR) is 80.2 cm³/mol. The van der Waals surface area contributed by atoms with Crippen molar-refractivity contribution < 1.29 is 9.59 Å². The van der Waals surface area contributed by atoms with Gasteiger partial charge in [0.15, 0.2) is 0 Å². The number of rotatable bonds is 4. The Morgan fingerprint density at radius 1 is 1.25 bits per heavy atom. The van der Waals surface area contributed by atoms with Crippen LogP contribution in [-0.4, -0.2) is 59.3 Å². The molecule has 0 bridgehead atoms. The number of nitrogens with zero attached hydrogens (tertiary/aromatic N) is 2. The predicted octanol–water partition coefficient (Wildman–Crippen LogP) is 1.72. The average Bonchev–Trinajstić information content (AvgIpc) is 3.07. The van der Waals surface area contributed by atoms with E-state index in [2.05, 4.69) is 11.9 Å². The second kappa shape index (κ2) is 5.58. The zero-order valence-corrected chi connectivity index (χ0v) is 12.4. The van der Waals surface area contributed by atoms with Crippen molar-refractivity contribution in [1.29, 1.82) is 0 Å². The molecule has 0 aromatic heterocycles. The SMILES string of the molecule is CN(CCN1C(=O)c2ccccc2C1=O)[C@H]1CCSC1. The number of imide groups is 1. The lowest BCUT2D eigenvalue weighted by Gasteiger charge is -2.25. The molecule has 2 heterocycles. The first-order valence-electron chi connectivity index (χ1n) is 6.91. The molecule has 20 heavy (non-hydrogen) atoms. The molecule has 1 saturated heterocycles. The van der Waals surface area contributed by atoms with E-state index in [0.29, 0.717) is 23.7 Å². The minimum atomic E-state index is -0.153. The third-order valence-electron chi connectivity index (χ3n) is 4.08. The largest absolute Gasteiger partial charge is 0.301 e. The van der Waals surface area contributed by atoms with Crippen LogP contribution in [0.25, 0.3) is 0 Å². The van der Waals surface area contributed by atoms with Gasteiger partial charge in [-0.25, -0.2) is 0 Å². The molecule has 5 heteroatoms. The Morgan fingerprint density at radius 2 is 1.90 bits per heavy atom. The van der Waals surface area contributed by atoms with Gasteiger partial charge in [0.2, 0.25) is 0 Å². The molecule has 0 aliphatic carbocycles. The van der Waals surface area contributed by atoms with Gasteiger partial charge in [-0.05, 0) is 31.4 Å². The monoisotopic (exact) mass is 290 g/mol. The highest BCUT2D eigenvalue weighted by Crippen LogP contribution is 2.23. The van der Waals surface area contributed by atoms with Gasteiger partial charge in [0.05, 0.1) is 11.1 Å². The molecule has 4 nitrogen and oxygen atoms in total. The fraction of sp³-hybridized carbons (Fsp3) is 0.467. The summed E-state index contributed by atoms with van der Waals surface area (Å²) in [7, 11) is 2.08. The molecular formula is C15H18N2O2S. The van der Waals surface area contributed by atoms with Crippen molar-refractivity contribution >= 4 is 23.6 Å². The van der Waals surface area contributed by atoms with E-state index in [1.165, 1.54) is 17.1 Å². The number of benzene rings is 1. The van der Waals surface area contributed by atoms with Gasteiger partial charge in [-0.1, -0.05) is 12.1 Å². The van der Waals surface area contributed by atoms with Crippen molar-refractivity contribution in [1.82, 2.24) is 9.80 Å². The van der Waals surface area contributed by atoms with E-state index in [4.69, 9.17) is 0 Å². The molecule has 1 fully saturated rings. The summed E-state index contributed by atoms with van der Waals surface area (Å²) >= 11 is 1.97. The summed E-state index contributed by atoms with van der Waals surface area (Å²) in [6, 6.07) is 7.64. The summed E-state index contributed by atoms with van der Waals surface area (Å²) < 4.78 is 0. The first kappa shape index (κ1) is 13.6. The van der Waals surface area contributed by atoms with Gasteiger partial charge in [-0.2, -0.15) is 11.8 Å². The molecule has 0 unspecified atom stereocenters. The van der Waals surface area contributed by atoms with E-state index < -0.39 is 0 Å². The maximum atomic E-state index is 12.2. The summed E-state index contributed by atoms with van der Waals surface area (Å²) in [6.45, 7) is 1.22. The maximum Gasteiger partial charge on any atom is 0.261 e. The Bertz CT molecular complexity index is 505. The van der Waals surface area contributed by atoms with Gasteiger partial charge in [0.25, 0.3) is 11.8 Å². The van der Waals surface area contributed by atoms with E-state index >= 15 is 0 Å². The van der Waals surface area contributed by atoms with Crippen LogP contribution in [-0.2, 0) is 0 Å². The number of carbonyl (C=O) groups excluding carboxylic acids is 2. The Kier molecular flexibility index (Phi) is 3.81. The summed E-state index contributed by atoms with van der Waals surface area (Å²) in [6.07, 6.45) is 1.20. The van der Waals surface area contributed by atoms with Crippen LogP contribution < -0.4 is 0 Å². The molecule has 0 radical (unpaired) electrons. The van der Waals surface area contributed by atoms with Crippen molar-refractivity contribution in [2.75, 3.05) is 31.6 Å². The van der Waals surface area contributed by atoms with E-state index in [1.54, 1.807) is 24.3 Å². The molecule has 0 spiro atoms. The van der Waals surface area contributed by atoms with Crippen LogP contribution in [0.2, 0.25) is 0 Å². The number of thioether (sulfide) groups is 1. The number of fused-ring (bicyclic) bond motifs is 1. The van der Waals surface area contributed by atoms with Crippen LogP contribution >= 0.6 is 11.8 Å². The number of likely N-dealkylation sites (N-methyl/N-ethyl adjacent to an activating group) is 1. The van der Waals surface area contributed by atoms with E-state index in [-0.39, 0.29) is 11.8 Å². The number of carbonyl (C=O) groups is 2. The van der Waals surface area contributed by atoms with Crippen LogP contribution in [0, 0.1) is 0 Å². The Labute approximate surface area is 123 Å². The second-order valence-electron chi connectivity index (χ2n) is 5.31. The molecule has 2 aliphatic rings. The van der Waals surface area contributed by atoms with Gasteiger partial charge in [-0.3, -0.25) is 14.5 Å². The smallest absolute Gasteiger partial charge is 0.261 e. The fourth-order valence-electron chi connectivity index (χ4n) is 2.75. The summed E-state index contributed by atoms with van der Waals surface area (Å²) in [5.74, 6) is 2.06. The molecule has 3 rings (SSSR count). The zero-order valence-electron chi connectivity index (χ0n) is 11.5. The van der Waals surface area contributed by atoms with Gasteiger partial charge in [0, 0.05) is 24.9 Å². The van der Waals surface area contributed by atoms with Crippen molar-refractivity contribution in [3.8, 4) is 0 Å². The first-order chi connectivity index (χ1) is 9.68. The highest BCUT2D eigenvalue weighted by molar-refractivity contribution is 7.99. The van der Waals surface area contributed by atoms with Crippen LogP contribution in [0.5, 0.6) is 0 Å². The lowest BCUT2D eigenvalue weighted by atomic mass is 10.1. The normalized spacial score (nSPS) is 21.9. The van der Waals surface area contributed by atoms with Crippen molar-refractivity contribution in [3.05, 3.63) is 35.4 Å². The van der Waals surface area contributed by atoms with Crippen LogP contribution in [0.4, 0.5) is 0 Å². The summed E-state index contributed by atoms with van der Waals surface area (Å²) in [5, 5.41) is 0. The second-order valence-corrected chi connectivity index (χ2v) is 6.46. The van der Waals surface area contributed by atoms with Crippen molar-refractivity contribution in [2.24, 2.45) is 0 Å². The highest BCUT2D eigenvalue weighted by atomic mass is 32.2. The molecule has 2 amide bonds. The standard InChI is InChI=1S/C15H18N2O2S/c1-16(11-6-9-20-10-11)7-8-17-14(18)12-4-2-3-5-13(12)15(17)19/h2-5,11H,6-10H2,1H3/t11-/m0/s1. The molecule has 1 aromatic carbocycles. The highest BCUT2D eigenvalue weighted by Gasteiger charge is 2.35. The lowest BCUT2D eigenvalue weighted by molar-refractivity contribution is 0.0635. The number of hydrogen-bond acceptors (Lipinski definition) is 4. The van der Waals surface area contributed by atoms with Crippen molar-refractivity contribution in [3.63, 3.8) is 0 Å². The third-order valence-corrected chi connectivity index (χ3v) is 5.23. The quantitative estimate of drug-likeness (QED) is 0.792. The van der Waals surface area contributed by atoms with Gasteiger partial charge in [-0.15, -0.1) is 0 Å². The van der Waals surface area contributed by atoms with Crippen LogP contribution in [0.15, 0.2) is 24.3 Å². The Balaban J connectivity index is 1.64. The fourth-order valence-corrected chi connectivity index (χ4v) is 4.05. The lowest BCUT2D eigenvalue weighted by Crippen LogP contribution is -2.40. The van der Waals surface area contributed by atoms with E-state index in [0.717, 1.165) is 12.3 Å². The zero-order chi connectivity index (χ0) is 14.1. The van der Waals surface area contributed by atoms with Crippen LogP contribution in [0.3, 0.4) is 0 Å². The molecule has 1 aromatic rings. The Hall–Kier alpha value is -1.33. The number of hydrogen-bond donors (Lipinski definition) is 0. The molecule has 106 valence electrons. The van der Waals surface area contributed by atoms with Gasteiger partial charge < -0.3 is 4.90 Å². The van der Waals surface area contributed by atoms with Gasteiger partial charge in [0.1, 0.15) is 0 Å². The third kappa shape index (κ3) is 2.36. The van der Waals surface area contributed by atoms with Crippen LogP contribution in [0.1, 0.15) is 27.1 Å². The van der Waals surface area contributed by atoms with Crippen molar-refractivity contribution in [2.45, 2.75) is 12.5 Å². The first-order valence-corrected chi connectivity index (χ1v) is 8.07. The van der Waals surface area contributed by atoms with E-state index in [9.17, 15) is 9.59 Å². The molecule has 2 aliphatic heterocycles. The van der Waals surface area contributed by atoms with Gasteiger partial charge >= 0.3 is 0 Å². The molecule has 0 saturated carbocycles. The minimum Gasteiger partial charge on any atom is -0.301 e. The molecule has 0 N–H and O–H groups in total. The Morgan fingerprint density at radius 3 is 2.45 bits per heavy atom. The topological polar surface area (TPSA) is 40.6 Å². The summed E-state index contributed by atoms with van der Waals surface area (Å²) in [5.41, 5.74) is 1.08. The average molecular weight is 290 g/mol. The maximum absolute atomic E-state index is 12.2.